The SMILES string of the molecule is CCc1cnc(CNc2ncc([N+](=O)[O-])cc2Cl)o1. The van der Waals surface area contributed by atoms with E-state index in [0.29, 0.717) is 18.3 Å². The van der Waals surface area contributed by atoms with Crippen LogP contribution in [-0.2, 0) is 13.0 Å². The Bertz CT molecular complexity index is 599. The fraction of sp³-hybridized carbons (Fsp3) is 0.273. The molecule has 0 aromatic carbocycles. The van der Waals surface area contributed by atoms with E-state index in [-0.39, 0.29) is 10.7 Å². The summed E-state index contributed by atoms with van der Waals surface area (Å²) in [5, 5.41) is 13.6. The van der Waals surface area contributed by atoms with Crippen molar-refractivity contribution in [1.82, 2.24) is 9.97 Å². The van der Waals surface area contributed by atoms with Crippen molar-refractivity contribution in [2.24, 2.45) is 0 Å². The van der Waals surface area contributed by atoms with Gasteiger partial charge in [-0.15, -0.1) is 0 Å². The quantitative estimate of drug-likeness (QED) is 0.669. The highest BCUT2D eigenvalue weighted by Crippen LogP contribution is 2.24. The molecule has 2 aromatic rings. The number of halogens is 1. The number of nitrogens with zero attached hydrogens (tertiary/aromatic N) is 3. The minimum atomic E-state index is -0.551. The summed E-state index contributed by atoms with van der Waals surface area (Å²) in [7, 11) is 0. The Hall–Kier alpha value is -2.15. The molecule has 0 saturated heterocycles. The molecule has 0 unspecified atom stereocenters. The minimum Gasteiger partial charge on any atom is -0.444 e. The fourth-order valence-electron chi connectivity index (χ4n) is 1.41. The van der Waals surface area contributed by atoms with Crippen molar-refractivity contribution >= 4 is 23.1 Å². The lowest BCUT2D eigenvalue weighted by molar-refractivity contribution is -0.385. The molecule has 0 bridgehead atoms. The second-order valence-electron chi connectivity index (χ2n) is 3.71. The predicted octanol–water partition coefficient (Wildman–Crippen LogP) is 2.81. The second kappa shape index (κ2) is 5.66. The molecule has 0 fully saturated rings. The molecule has 0 aliphatic carbocycles. The maximum absolute atomic E-state index is 10.5. The molecule has 2 heterocycles. The van der Waals surface area contributed by atoms with E-state index in [1.807, 2.05) is 6.92 Å². The number of anilines is 1. The van der Waals surface area contributed by atoms with Crippen LogP contribution >= 0.6 is 11.6 Å². The number of hydrogen-bond donors (Lipinski definition) is 1. The van der Waals surface area contributed by atoms with Crippen molar-refractivity contribution in [3.8, 4) is 0 Å². The third kappa shape index (κ3) is 3.19. The van der Waals surface area contributed by atoms with Gasteiger partial charge in [-0.2, -0.15) is 0 Å². The third-order valence-corrected chi connectivity index (χ3v) is 2.68. The first-order valence-corrected chi connectivity index (χ1v) is 5.95. The molecule has 0 spiro atoms. The van der Waals surface area contributed by atoms with Crippen molar-refractivity contribution in [1.29, 1.82) is 0 Å². The zero-order valence-corrected chi connectivity index (χ0v) is 10.8. The average Bonchev–Trinajstić information content (AvgIpc) is 2.85. The van der Waals surface area contributed by atoms with E-state index >= 15 is 0 Å². The number of oxazole rings is 1. The highest BCUT2D eigenvalue weighted by Gasteiger charge is 2.11. The molecule has 0 radical (unpaired) electrons. The van der Waals surface area contributed by atoms with Crippen LogP contribution in [0.2, 0.25) is 5.02 Å². The van der Waals surface area contributed by atoms with E-state index in [9.17, 15) is 10.1 Å². The van der Waals surface area contributed by atoms with Gasteiger partial charge in [0.05, 0.1) is 22.7 Å². The van der Waals surface area contributed by atoms with Gasteiger partial charge in [0, 0.05) is 12.5 Å². The number of aromatic nitrogens is 2. The minimum absolute atomic E-state index is 0.153. The number of aryl methyl sites for hydroxylation is 1. The molecule has 0 saturated carbocycles. The van der Waals surface area contributed by atoms with Crippen molar-refractivity contribution in [2.75, 3.05) is 5.32 Å². The van der Waals surface area contributed by atoms with Crippen LogP contribution in [0, 0.1) is 10.1 Å². The zero-order valence-electron chi connectivity index (χ0n) is 10.1. The molecule has 0 atom stereocenters. The maximum atomic E-state index is 10.5. The first-order chi connectivity index (χ1) is 9.10. The van der Waals surface area contributed by atoms with Crippen molar-refractivity contribution in [2.45, 2.75) is 19.9 Å². The van der Waals surface area contributed by atoms with Crippen molar-refractivity contribution in [3.63, 3.8) is 0 Å². The molecule has 0 aliphatic heterocycles. The van der Waals surface area contributed by atoms with E-state index in [1.165, 1.54) is 6.07 Å². The highest BCUT2D eigenvalue weighted by molar-refractivity contribution is 6.33. The smallest absolute Gasteiger partial charge is 0.289 e. The van der Waals surface area contributed by atoms with Crippen LogP contribution in [0.5, 0.6) is 0 Å². The molecule has 100 valence electrons. The Morgan fingerprint density at radius 1 is 1.47 bits per heavy atom. The molecule has 0 amide bonds. The van der Waals surface area contributed by atoms with Gasteiger partial charge in [-0.05, 0) is 0 Å². The largest absolute Gasteiger partial charge is 0.444 e. The van der Waals surface area contributed by atoms with Gasteiger partial charge in [-0.25, -0.2) is 9.97 Å². The standard InChI is InChI=1S/C11H11ClN4O3/c1-2-8-5-13-10(19-8)6-15-11-9(12)3-7(4-14-11)16(17)18/h3-5H,2,6H2,1H3,(H,14,15). The van der Waals surface area contributed by atoms with E-state index in [4.69, 9.17) is 16.0 Å². The van der Waals surface area contributed by atoms with Crippen LogP contribution in [0.4, 0.5) is 11.5 Å². The summed E-state index contributed by atoms with van der Waals surface area (Å²) in [5.74, 6) is 1.65. The summed E-state index contributed by atoms with van der Waals surface area (Å²) in [6.45, 7) is 2.27. The van der Waals surface area contributed by atoms with Crippen molar-refractivity contribution < 1.29 is 9.34 Å². The monoisotopic (exact) mass is 282 g/mol. The van der Waals surface area contributed by atoms with Gasteiger partial charge < -0.3 is 9.73 Å². The fourth-order valence-corrected chi connectivity index (χ4v) is 1.64. The third-order valence-electron chi connectivity index (χ3n) is 2.39. The predicted molar refractivity (Wildman–Crippen MR) is 69.1 cm³/mol. The summed E-state index contributed by atoms with van der Waals surface area (Å²) in [4.78, 5) is 17.9. The molecule has 19 heavy (non-hydrogen) atoms. The Labute approximate surface area is 113 Å². The number of rotatable bonds is 5. The molecule has 2 rings (SSSR count). The van der Waals surface area contributed by atoms with E-state index in [0.717, 1.165) is 18.4 Å². The Balaban J connectivity index is 2.05. The summed E-state index contributed by atoms with van der Waals surface area (Å²) >= 11 is 5.89. The molecular formula is C11H11ClN4O3. The lowest BCUT2D eigenvalue weighted by Crippen LogP contribution is -2.02. The molecular weight excluding hydrogens is 272 g/mol. The van der Waals surface area contributed by atoms with Crippen molar-refractivity contribution in [3.05, 3.63) is 45.2 Å². The van der Waals surface area contributed by atoms with Gasteiger partial charge in [0.25, 0.3) is 5.69 Å². The second-order valence-corrected chi connectivity index (χ2v) is 4.12. The number of hydrogen-bond acceptors (Lipinski definition) is 6. The lowest BCUT2D eigenvalue weighted by atomic mass is 10.4. The van der Waals surface area contributed by atoms with Gasteiger partial charge in [0.1, 0.15) is 17.8 Å². The van der Waals surface area contributed by atoms with Gasteiger partial charge in [-0.1, -0.05) is 18.5 Å². The summed E-state index contributed by atoms with van der Waals surface area (Å²) in [6, 6.07) is 1.24. The number of nitrogens with one attached hydrogen (secondary N) is 1. The van der Waals surface area contributed by atoms with Gasteiger partial charge in [-0.3, -0.25) is 10.1 Å². The summed E-state index contributed by atoms with van der Waals surface area (Å²) in [6.07, 6.45) is 3.56. The number of nitro groups is 1. The van der Waals surface area contributed by atoms with Gasteiger partial charge in [0.15, 0.2) is 0 Å². The first-order valence-electron chi connectivity index (χ1n) is 5.57. The van der Waals surface area contributed by atoms with E-state index < -0.39 is 4.92 Å². The maximum Gasteiger partial charge on any atom is 0.289 e. The summed E-state index contributed by atoms with van der Waals surface area (Å²) in [5.41, 5.74) is -0.153. The zero-order chi connectivity index (χ0) is 13.8. The van der Waals surface area contributed by atoms with Crippen LogP contribution in [0.1, 0.15) is 18.6 Å². The van der Waals surface area contributed by atoms with Crippen LogP contribution < -0.4 is 5.32 Å². The van der Waals surface area contributed by atoms with Crippen LogP contribution in [-0.4, -0.2) is 14.9 Å². The molecule has 8 heteroatoms. The van der Waals surface area contributed by atoms with Crippen LogP contribution in [0.3, 0.4) is 0 Å². The highest BCUT2D eigenvalue weighted by atomic mass is 35.5. The summed E-state index contributed by atoms with van der Waals surface area (Å²) < 4.78 is 5.40. The molecule has 1 N–H and O–H groups in total. The normalized spacial score (nSPS) is 10.4. The number of pyridine rings is 1. The topological polar surface area (TPSA) is 94.1 Å². The molecule has 2 aromatic heterocycles. The molecule has 0 aliphatic rings. The Morgan fingerprint density at radius 2 is 2.26 bits per heavy atom. The Morgan fingerprint density at radius 3 is 2.84 bits per heavy atom. The van der Waals surface area contributed by atoms with E-state index in [1.54, 1.807) is 6.20 Å². The lowest BCUT2D eigenvalue weighted by Gasteiger charge is -2.04. The first kappa shape index (κ1) is 13.3. The van der Waals surface area contributed by atoms with Crippen LogP contribution in [0.25, 0.3) is 0 Å². The van der Waals surface area contributed by atoms with Crippen LogP contribution in [0.15, 0.2) is 22.9 Å². The molecule has 7 nitrogen and oxygen atoms in total. The van der Waals surface area contributed by atoms with Gasteiger partial charge >= 0.3 is 0 Å². The van der Waals surface area contributed by atoms with Gasteiger partial charge in [0.2, 0.25) is 5.89 Å². The van der Waals surface area contributed by atoms with E-state index in [2.05, 4.69) is 15.3 Å². The average molecular weight is 283 g/mol. The Kier molecular flexibility index (Phi) is 3.96.